The lowest BCUT2D eigenvalue weighted by atomic mass is 9.80. The van der Waals surface area contributed by atoms with Gasteiger partial charge in [-0.05, 0) is 38.5 Å². The van der Waals surface area contributed by atoms with Crippen LogP contribution in [0.1, 0.15) is 39.5 Å². The number of nitrogens with one attached hydrogen (secondary N) is 1. The van der Waals surface area contributed by atoms with Crippen LogP contribution < -0.4 is 5.32 Å². The van der Waals surface area contributed by atoms with Crippen LogP contribution in [0.3, 0.4) is 0 Å². The molecule has 1 heterocycles. The van der Waals surface area contributed by atoms with E-state index in [0.717, 1.165) is 12.8 Å². The summed E-state index contributed by atoms with van der Waals surface area (Å²) in [6.45, 7) is 5.17. The molecule has 2 aliphatic carbocycles. The number of hydrogen-bond donors (Lipinski definition) is 1. The van der Waals surface area contributed by atoms with Crippen molar-refractivity contribution in [2.24, 2.45) is 23.7 Å². The highest BCUT2D eigenvalue weighted by Crippen LogP contribution is 2.46. The summed E-state index contributed by atoms with van der Waals surface area (Å²) < 4.78 is 25.8. The van der Waals surface area contributed by atoms with E-state index in [1.54, 1.807) is 4.90 Å². The van der Waals surface area contributed by atoms with Crippen molar-refractivity contribution in [2.75, 3.05) is 13.1 Å². The molecule has 1 aliphatic heterocycles. The summed E-state index contributed by atoms with van der Waals surface area (Å²) in [6, 6.07) is 0.145. The van der Waals surface area contributed by atoms with Gasteiger partial charge in [-0.2, -0.15) is 0 Å². The minimum absolute atomic E-state index is 0.0442. The number of amides is 2. The SMILES string of the molecule is CC(C)NC(=O)C1C[C@@H]2CN(C(=O)C3CC(F)(F)C3)C[C@@H]2C1. The molecule has 124 valence electrons. The third kappa shape index (κ3) is 2.97. The number of hydrogen-bond acceptors (Lipinski definition) is 2. The molecule has 0 bridgehead atoms. The van der Waals surface area contributed by atoms with Gasteiger partial charge >= 0.3 is 0 Å². The maximum absolute atomic E-state index is 12.9. The molecule has 1 saturated heterocycles. The molecule has 0 spiro atoms. The van der Waals surface area contributed by atoms with Gasteiger partial charge in [0.1, 0.15) is 0 Å². The zero-order chi connectivity index (χ0) is 16.1. The quantitative estimate of drug-likeness (QED) is 0.867. The summed E-state index contributed by atoms with van der Waals surface area (Å²) >= 11 is 0. The first-order valence-corrected chi connectivity index (χ1v) is 8.22. The predicted octanol–water partition coefficient (Wildman–Crippen LogP) is 2.04. The average molecular weight is 314 g/mol. The molecule has 3 atom stereocenters. The maximum atomic E-state index is 12.9. The van der Waals surface area contributed by atoms with E-state index >= 15 is 0 Å². The van der Waals surface area contributed by atoms with Crippen molar-refractivity contribution >= 4 is 11.8 Å². The van der Waals surface area contributed by atoms with Crippen molar-refractivity contribution in [3.05, 3.63) is 0 Å². The number of carbonyl (C=O) groups is 2. The maximum Gasteiger partial charge on any atom is 0.249 e. The average Bonchev–Trinajstić information content (AvgIpc) is 2.91. The van der Waals surface area contributed by atoms with E-state index in [2.05, 4.69) is 5.32 Å². The molecule has 3 aliphatic rings. The molecule has 2 saturated carbocycles. The van der Waals surface area contributed by atoms with Crippen LogP contribution in [0.15, 0.2) is 0 Å². The van der Waals surface area contributed by atoms with E-state index in [9.17, 15) is 18.4 Å². The van der Waals surface area contributed by atoms with Crippen molar-refractivity contribution in [3.63, 3.8) is 0 Å². The molecule has 0 radical (unpaired) electrons. The fourth-order valence-electron chi connectivity index (χ4n) is 4.19. The molecule has 3 fully saturated rings. The van der Waals surface area contributed by atoms with Crippen LogP contribution in [0, 0.1) is 23.7 Å². The highest BCUT2D eigenvalue weighted by atomic mass is 19.3. The number of carbonyl (C=O) groups excluding carboxylic acids is 2. The molecular formula is C16H24F2N2O2. The van der Waals surface area contributed by atoms with Crippen LogP contribution in [-0.2, 0) is 9.59 Å². The zero-order valence-corrected chi connectivity index (χ0v) is 13.1. The Morgan fingerprint density at radius 2 is 1.64 bits per heavy atom. The van der Waals surface area contributed by atoms with Gasteiger partial charge in [-0.1, -0.05) is 0 Å². The monoisotopic (exact) mass is 314 g/mol. The normalized spacial score (nSPS) is 33.7. The summed E-state index contributed by atoms with van der Waals surface area (Å²) in [5, 5.41) is 2.95. The number of alkyl halides is 2. The van der Waals surface area contributed by atoms with Crippen LogP contribution >= 0.6 is 0 Å². The highest BCUT2D eigenvalue weighted by molar-refractivity contribution is 5.81. The lowest BCUT2D eigenvalue weighted by Crippen LogP contribution is -2.46. The summed E-state index contributed by atoms with van der Waals surface area (Å²) in [7, 11) is 0. The number of halogens is 2. The van der Waals surface area contributed by atoms with Crippen LogP contribution in [0.2, 0.25) is 0 Å². The first-order valence-electron chi connectivity index (χ1n) is 8.22. The van der Waals surface area contributed by atoms with Crippen molar-refractivity contribution in [1.29, 1.82) is 0 Å². The highest BCUT2D eigenvalue weighted by Gasteiger charge is 2.52. The second-order valence-corrected chi connectivity index (χ2v) is 7.56. The predicted molar refractivity (Wildman–Crippen MR) is 77.2 cm³/mol. The Balaban J connectivity index is 1.50. The molecule has 0 aromatic carbocycles. The van der Waals surface area contributed by atoms with E-state index in [1.165, 1.54) is 0 Å². The van der Waals surface area contributed by atoms with Gasteiger partial charge < -0.3 is 10.2 Å². The minimum atomic E-state index is -2.64. The zero-order valence-electron chi connectivity index (χ0n) is 13.1. The van der Waals surface area contributed by atoms with Crippen LogP contribution in [0.5, 0.6) is 0 Å². The molecule has 2 amide bonds. The molecule has 1 unspecified atom stereocenters. The molecule has 0 aromatic heterocycles. The van der Waals surface area contributed by atoms with Gasteiger partial charge in [-0.25, -0.2) is 8.78 Å². The first-order chi connectivity index (χ1) is 10.2. The van der Waals surface area contributed by atoms with E-state index < -0.39 is 11.8 Å². The smallest absolute Gasteiger partial charge is 0.249 e. The second kappa shape index (κ2) is 5.46. The van der Waals surface area contributed by atoms with Gasteiger partial charge in [-0.15, -0.1) is 0 Å². The Labute approximate surface area is 129 Å². The molecule has 22 heavy (non-hydrogen) atoms. The molecule has 4 nitrogen and oxygen atoms in total. The van der Waals surface area contributed by atoms with Crippen molar-refractivity contribution in [3.8, 4) is 0 Å². The fraction of sp³-hybridized carbons (Fsp3) is 0.875. The topological polar surface area (TPSA) is 49.4 Å². The van der Waals surface area contributed by atoms with Crippen LogP contribution in [-0.4, -0.2) is 41.8 Å². The van der Waals surface area contributed by atoms with E-state index in [-0.39, 0.29) is 36.6 Å². The largest absolute Gasteiger partial charge is 0.354 e. The van der Waals surface area contributed by atoms with E-state index in [1.807, 2.05) is 13.8 Å². The van der Waals surface area contributed by atoms with Crippen LogP contribution in [0.4, 0.5) is 8.78 Å². The Kier molecular flexibility index (Phi) is 3.89. The third-order valence-electron chi connectivity index (χ3n) is 5.30. The van der Waals surface area contributed by atoms with E-state index in [4.69, 9.17) is 0 Å². The molecule has 0 aromatic rings. The standard InChI is InChI=1S/C16H24F2N2O2/c1-9(2)19-14(21)10-3-11-7-20(8-12(11)4-10)15(22)13-5-16(17,18)6-13/h9-13H,3-8H2,1-2H3,(H,19,21)/t10?,11-,12+. The number of fused-ring (bicyclic) bond motifs is 1. The minimum Gasteiger partial charge on any atom is -0.354 e. The third-order valence-corrected chi connectivity index (χ3v) is 5.30. The Bertz CT molecular complexity index is 459. The van der Waals surface area contributed by atoms with Gasteiger partial charge in [0.05, 0.1) is 0 Å². The van der Waals surface area contributed by atoms with Gasteiger partial charge in [-0.3, -0.25) is 9.59 Å². The molecule has 3 rings (SSSR count). The number of rotatable bonds is 3. The van der Waals surface area contributed by atoms with Gasteiger partial charge in [0, 0.05) is 43.8 Å². The summed E-state index contributed by atoms with van der Waals surface area (Å²) in [5.74, 6) is -2.38. The van der Waals surface area contributed by atoms with Gasteiger partial charge in [0.2, 0.25) is 17.7 Å². The Morgan fingerprint density at radius 1 is 1.09 bits per heavy atom. The summed E-state index contributed by atoms with van der Waals surface area (Å²) in [4.78, 5) is 26.0. The van der Waals surface area contributed by atoms with E-state index in [0.29, 0.717) is 24.9 Å². The first kappa shape index (κ1) is 15.7. The summed E-state index contributed by atoms with van der Waals surface area (Å²) in [5.41, 5.74) is 0. The molecule has 6 heteroatoms. The van der Waals surface area contributed by atoms with Crippen molar-refractivity contribution < 1.29 is 18.4 Å². The molecule has 1 N–H and O–H groups in total. The Morgan fingerprint density at radius 3 is 2.09 bits per heavy atom. The molecular weight excluding hydrogens is 290 g/mol. The summed E-state index contributed by atoms with van der Waals surface area (Å²) in [6.07, 6.45) is 1.04. The van der Waals surface area contributed by atoms with Crippen molar-refractivity contribution in [1.82, 2.24) is 10.2 Å². The lowest BCUT2D eigenvalue weighted by Gasteiger charge is -2.36. The van der Waals surface area contributed by atoms with Crippen molar-refractivity contribution in [2.45, 2.75) is 51.5 Å². The van der Waals surface area contributed by atoms with Crippen LogP contribution in [0.25, 0.3) is 0 Å². The fourth-order valence-corrected chi connectivity index (χ4v) is 4.19. The lowest BCUT2D eigenvalue weighted by molar-refractivity contribution is -0.159. The van der Waals surface area contributed by atoms with Gasteiger partial charge in [0.25, 0.3) is 0 Å². The number of likely N-dealkylation sites (tertiary alicyclic amines) is 1. The Hall–Kier alpha value is -1.20. The van der Waals surface area contributed by atoms with Gasteiger partial charge in [0.15, 0.2) is 0 Å². The number of nitrogens with zero attached hydrogens (tertiary/aromatic N) is 1. The second-order valence-electron chi connectivity index (χ2n) is 7.56.